The molecule has 2 N–H and O–H groups in total. The molecule has 0 aliphatic heterocycles. The van der Waals surface area contributed by atoms with Gasteiger partial charge in [0.2, 0.25) is 0 Å². The van der Waals surface area contributed by atoms with Crippen molar-refractivity contribution >= 4 is 23.4 Å². The summed E-state index contributed by atoms with van der Waals surface area (Å²) in [6, 6.07) is 8.20. The Balaban J connectivity index is 2.41. The summed E-state index contributed by atoms with van der Waals surface area (Å²) in [5.41, 5.74) is 1.18. The van der Waals surface area contributed by atoms with Gasteiger partial charge in [-0.3, -0.25) is 0 Å². The molecule has 1 aromatic rings. The lowest BCUT2D eigenvalue weighted by Gasteiger charge is -2.16. The van der Waals surface area contributed by atoms with Crippen LogP contribution in [-0.2, 0) is 6.54 Å². The smallest absolute Gasteiger partial charge is 0.0446 e. The first-order chi connectivity index (χ1) is 7.76. The summed E-state index contributed by atoms with van der Waals surface area (Å²) < 4.78 is 0. The summed E-state index contributed by atoms with van der Waals surface area (Å²) in [5.74, 6) is 1.02. The van der Waals surface area contributed by atoms with Gasteiger partial charge in [-0.15, -0.1) is 0 Å². The highest BCUT2D eigenvalue weighted by molar-refractivity contribution is 7.98. The molecule has 0 radical (unpaired) electrons. The largest absolute Gasteiger partial charge is 0.396 e. The quantitative estimate of drug-likeness (QED) is 0.789. The monoisotopic (exact) mass is 259 g/mol. The van der Waals surface area contributed by atoms with E-state index in [0.29, 0.717) is 6.04 Å². The van der Waals surface area contributed by atoms with Crippen LogP contribution in [0.15, 0.2) is 24.3 Å². The van der Waals surface area contributed by atoms with Crippen molar-refractivity contribution in [1.82, 2.24) is 5.32 Å². The highest BCUT2D eigenvalue weighted by atomic mass is 35.5. The second-order valence-electron chi connectivity index (χ2n) is 3.68. The molecule has 4 heteroatoms. The molecule has 0 saturated heterocycles. The molecule has 1 aromatic carbocycles. The van der Waals surface area contributed by atoms with Crippen molar-refractivity contribution < 1.29 is 5.11 Å². The summed E-state index contributed by atoms with van der Waals surface area (Å²) >= 11 is 7.70. The van der Waals surface area contributed by atoms with Crippen molar-refractivity contribution in [2.75, 3.05) is 18.6 Å². The second kappa shape index (κ2) is 7.96. The SMILES string of the molecule is CSCC(CCO)NCc1cccc(Cl)c1. The Bertz CT molecular complexity index is 303. The summed E-state index contributed by atoms with van der Waals surface area (Å²) in [5, 5.41) is 13.1. The molecule has 0 fully saturated rings. The number of hydrogen-bond acceptors (Lipinski definition) is 3. The maximum absolute atomic E-state index is 8.93. The zero-order valence-corrected chi connectivity index (χ0v) is 11.0. The van der Waals surface area contributed by atoms with Crippen molar-refractivity contribution in [2.24, 2.45) is 0 Å². The van der Waals surface area contributed by atoms with Crippen molar-refractivity contribution in [3.63, 3.8) is 0 Å². The molecule has 16 heavy (non-hydrogen) atoms. The zero-order valence-electron chi connectivity index (χ0n) is 9.45. The number of nitrogens with one attached hydrogen (secondary N) is 1. The average molecular weight is 260 g/mol. The minimum atomic E-state index is 0.230. The van der Waals surface area contributed by atoms with Crippen molar-refractivity contribution in [2.45, 2.75) is 19.0 Å². The molecular formula is C12H18ClNOS. The molecule has 90 valence electrons. The van der Waals surface area contributed by atoms with Crippen LogP contribution in [0.5, 0.6) is 0 Å². The molecule has 2 nitrogen and oxygen atoms in total. The Morgan fingerprint density at radius 2 is 2.31 bits per heavy atom. The van der Waals surface area contributed by atoms with Crippen LogP contribution in [0, 0.1) is 0 Å². The lowest BCUT2D eigenvalue weighted by molar-refractivity contribution is 0.270. The first-order valence-corrected chi connectivity index (χ1v) is 7.11. The molecule has 0 spiro atoms. The number of aliphatic hydroxyl groups is 1. The number of hydrogen-bond donors (Lipinski definition) is 2. The van der Waals surface area contributed by atoms with Crippen LogP contribution in [0.2, 0.25) is 5.02 Å². The third kappa shape index (κ3) is 5.21. The maximum Gasteiger partial charge on any atom is 0.0446 e. The van der Waals surface area contributed by atoms with Gasteiger partial charge in [0.05, 0.1) is 0 Å². The fraction of sp³-hybridized carbons (Fsp3) is 0.500. The van der Waals surface area contributed by atoms with Crippen molar-refractivity contribution in [3.8, 4) is 0 Å². The van der Waals surface area contributed by atoms with Crippen LogP contribution in [0.25, 0.3) is 0 Å². The van der Waals surface area contributed by atoms with Gasteiger partial charge in [-0.2, -0.15) is 11.8 Å². The Labute approximate surface area is 106 Å². The van der Waals surface area contributed by atoms with E-state index in [0.717, 1.165) is 23.7 Å². The van der Waals surface area contributed by atoms with Crippen molar-refractivity contribution in [3.05, 3.63) is 34.9 Å². The van der Waals surface area contributed by atoms with Gasteiger partial charge in [0.25, 0.3) is 0 Å². The predicted molar refractivity (Wildman–Crippen MR) is 72.2 cm³/mol. The third-order valence-electron chi connectivity index (χ3n) is 2.33. The van der Waals surface area contributed by atoms with Gasteiger partial charge in [0.1, 0.15) is 0 Å². The van der Waals surface area contributed by atoms with E-state index < -0.39 is 0 Å². The Hall–Kier alpha value is -0.220. The normalized spacial score (nSPS) is 12.7. The van der Waals surface area contributed by atoms with E-state index in [1.807, 2.05) is 24.3 Å². The number of benzene rings is 1. The number of halogens is 1. The molecule has 0 aliphatic carbocycles. The molecular weight excluding hydrogens is 242 g/mol. The molecule has 0 saturated carbocycles. The maximum atomic E-state index is 8.93. The van der Waals surface area contributed by atoms with E-state index in [9.17, 15) is 0 Å². The average Bonchev–Trinajstić information content (AvgIpc) is 2.27. The molecule has 0 aliphatic rings. The summed E-state index contributed by atoms with van der Waals surface area (Å²) in [7, 11) is 0. The Morgan fingerprint density at radius 1 is 1.50 bits per heavy atom. The number of thioether (sulfide) groups is 1. The van der Waals surface area contributed by atoms with Crippen LogP contribution in [0.1, 0.15) is 12.0 Å². The fourth-order valence-electron chi connectivity index (χ4n) is 1.51. The minimum absolute atomic E-state index is 0.230. The van der Waals surface area contributed by atoms with Gasteiger partial charge >= 0.3 is 0 Å². The lowest BCUT2D eigenvalue weighted by atomic mass is 10.2. The van der Waals surface area contributed by atoms with Crippen LogP contribution >= 0.6 is 23.4 Å². The summed E-state index contributed by atoms with van der Waals surface area (Å²) in [4.78, 5) is 0. The summed E-state index contributed by atoms with van der Waals surface area (Å²) in [6.45, 7) is 1.03. The number of aliphatic hydroxyl groups excluding tert-OH is 1. The number of rotatable bonds is 7. The van der Waals surface area contributed by atoms with E-state index in [2.05, 4.69) is 11.6 Å². The summed E-state index contributed by atoms with van der Waals surface area (Å²) in [6.07, 6.45) is 2.87. The highest BCUT2D eigenvalue weighted by Gasteiger charge is 2.06. The van der Waals surface area contributed by atoms with Gasteiger partial charge in [-0.05, 0) is 30.4 Å². The molecule has 1 unspecified atom stereocenters. The van der Waals surface area contributed by atoms with Gasteiger partial charge in [0, 0.05) is 30.0 Å². The molecule has 0 heterocycles. The van der Waals surface area contributed by atoms with Gasteiger partial charge in [-0.1, -0.05) is 23.7 Å². The topological polar surface area (TPSA) is 32.3 Å². The van der Waals surface area contributed by atoms with E-state index >= 15 is 0 Å². The van der Waals surface area contributed by atoms with Gasteiger partial charge in [0.15, 0.2) is 0 Å². The first kappa shape index (κ1) is 13.8. The van der Waals surface area contributed by atoms with E-state index in [4.69, 9.17) is 16.7 Å². The van der Waals surface area contributed by atoms with Crippen LogP contribution in [0.4, 0.5) is 0 Å². The second-order valence-corrected chi connectivity index (χ2v) is 5.02. The lowest BCUT2D eigenvalue weighted by Crippen LogP contribution is -2.31. The third-order valence-corrected chi connectivity index (χ3v) is 3.30. The molecule has 1 rings (SSSR count). The molecule has 0 amide bonds. The van der Waals surface area contributed by atoms with E-state index in [1.165, 1.54) is 5.56 Å². The zero-order chi connectivity index (χ0) is 11.8. The minimum Gasteiger partial charge on any atom is -0.396 e. The Morgan fingerprint density at radius 3 is 2.94 bits per heavy atom. The highest BCUT2D eigenvalue weighted by Crippen LogP contribution is 2.11. The molecule has 1 atom stereocenters. The predicted octanol–water partition coefficient (Wildman–Crippen LogP) is 2.54. The molecule has 0 aromatic heterocycles. The van der Waals surface area contributed by atoms with E-state index in [1.54, 1.807) is 11.8 Å². The van der Waals surface area contributed by atoms with Crippen LogP contribution in [-0.4, -0.2) is 29.8 Å². The van der Waals surface area contributed by atoms with Crippen LogP contribution < -0.4 is 5.32 Å². The first-order valence-electron chi connectivity index (χ1n) is 5.34. The molecule has 0 bridgehead atoms. The van der Waals surface area contributed by atoms with E-state index in [-0.39, 0.29) is 6.61 Å². The van der Waals surface area contributed by atoms with Gasteiger partial charge < -0.3 is 10.4 Å². The fourth-order valence-corrected chi connectivity index (χ4v) is 2.41. The van der Waals surface area contributed by atoms with Crippen molar-refractivity contribution in [1.29, 1.82) is 0 Å². The standard InChI is InChI=1S/C12H18ClNOS/c1-16-9-12(5-6-15)14-8-10-3-2-4-11(13)7-10/h2-4,7,12,14-15H,5-6,8-9H2,1H3. The Kier molecular flexibility index (Phi) is 6.88. The van der Waals surface area contributed by atoms with Crippen LogP contribution in [0.3, 0.4) is 0 Å². The van der Waals surface area contributed by atoms with Gasteiger partial charge in [-0.25, -0.2) is 0 Å².